The van der Waals surface area contributed by atoms with Crippen LogP contribution in [0.3, 0.4) is 0 Å². The van der Waals surface area contributed by atoms with Crippen molar-refractivity contribution in [3.8, 4) is 5.69 Å². The fraction of sp³-hybridized carbons (Fsp3) is 0.318. The summed E-state index contributed by atoms with van der Waals surface area (Å²) in [5.74, 6) is -0.125. The Labute approximate surface area is 183 Å². The van der Waals surface area contributed by atoms with Gasteiger partial charge in [-0.15, -0.1) is 0 Å². The quantitative estimate of drug-likeness (QED) is 0.492. The third-order valence-electron chi connectivity index (χ3n) is 4.14. The van der Waals surface area contributed by atoms with Gasteiger partial charge in [0, 0.05) is 40.9 Å². The number of pyridine rings is 1. The van der Waals surface area contributed by atoms with E-state index in [0.717, 1.165) is 21.2 Å². The molecule has 0 fully saturated rings. The number of rotatable bonds is 6. The second-order valence-corrected chi connectivity index (χ2v) is 8.80. The van der Waals surface area contributed by atoms with Gasteiger partial charge in [0.25, 0.3) is 0 Å². The summed E-state index contributed by atoms with van der Waals surface area (Å²) in [6.07, 6.45) is 4.02. The van der Waals surface area contributed by atoms with Gasteiger partial charge in [-0.2, -0.15) is 0 Å². The zero-order valence-electron chi connectivity index (χ0n) is 17.2. The molecule has 0 aliphatic heterocycles. The molecule has 2 heterocycles. The highest BCUT2D eigenvalue weighted by molar-refractivity contribution is 9.10. The first-order chi connectivity index (χ1) is 14.2. The number of fused-ring (bicyclic) bond motifs is 1. The van der Waals surface area contributed by atoms with Crippen LogP contribution in [0.25, 0.3) is 16.7 Å². The van der Waals surface area contributed by atoms with Crippen LogP contribution in [0, 0.1) is 0 Å². The maximum absolute atomic E-state index is 12.3. The lowest BCUT2D eigenvalue weighted by atomic mass is 10.2. The van der Waals surface area contributed by atoms with Crippen molar-refractivity contribution in [2.45, 2.75) is 39.2 Å². The molecule has 0 spiro atoms. The van der Waals surface area contributed by atoms with Crippen molar-refractivity contribution in [2.75, 3.05) is 11.9 Å². The van der Waals surface area contributed by atoms with E-state index in [1.165, 1.54) is 0 Å². The summed E-state index contributed by atoms with van der Waals surface area (Å²) in [5.41, 5.74) is 1.88. The second kappa shape index (κ2) is 9.30. The molecule has 30 heavy (non-hydrogen) atoms. The summed E-state index contributed by atoms with van der Waals surface area (Å²) in [4.78, 5) is 28.4. The molecule has 3 rings (SSSR count). The molecule has 0 unspecified atom stereocenters. The Balaban J connectivity index is 1.58. The first kappa shape index (κ1) is 21.8. The molecule has 0 saturated carbocycles. The van der Waals surface area contributed by atoms with Gasteiger partial charge < -0.3 is 19.9 Å². The number of aromatic nitrogens is 2. The molecule has 0 aliphatic carbocycles. The fourth-order valence-corrected chi connectivity index (χ4v) is 3.42. The Hall–Kier alpha value is -2.87. The van der Waals surface area contributed by atoms with Crippen molar-refractivity contribution in [2.24, 2.45) is 0 Å². The molecule has 1 aromatic carbocycles. The highest BCUT2D eigenvalue weighted by Gasteiger charge is 2.15. The van der Waals surface area contributed by atoms with Gasteiger partial charge in [-0.05, 0) is 63.6 Å². The second-order valence-electron chi connectivity index (χ2n) is 7.88. The van der Waals surface area contributed by atoms with Crippen LogP contribution in [-0.4, -0.2) is 33.7 Å². The first-order valence-corrected chi connectivity index (χ1v) is 10.5. The number of hydrogen-bond donors (Lipinski definition) is 2. The van der Waals surface area contributed by atoms with E-state index >= 15 is 0 Å². The predicted molar refractivity (Wildman–Crippen MR) is 121 cm³/mol. The molecule has 2 amide bonds. The number of benzene rings is 1. The Morgan fingerprint density at radius 1 is 1.20 bits per heavy atom. The molecule has 3 aromatic rings. The minimum Gasteiger partial charge on any atom is -0.444 e. The zero-order valence-corrected chi connectivity index (χ0v) is 18.8. The Kier molecular flexibility index (Phi) is 6.77. The van der Waals surface area contributed by atoms with E-state index in [4.69, 9.17) is 4.74 Å². The number of carbonyl (C=O) groups is 2. The molecule has 8 heteroatoms. The smallest absolute Gasteiger partial charge is 0.407 e. The number of halogens is 1. The van der Waals surface area contributed by atoms with Gasteiger partial charge in [-0.25, -0.2) is 9.78 Å². The fourth-order valence-electron chi connectivity index (χ4n) is 2.94. The molecule has 0 bridgehead atoms. The molecule has 2 aromatic heterocycles. The molecule has 0 saturated heterocycles. The van der Waals surface area contributed by atoms with E-state index in [-0.39, 0.29) is 12.3 Å². The van der Waals surface area contributed by atoms with E-state index in [9.17, 15) is 9.59 Å². The number of nitrogens with one attached hydrogen (secondary N) is 2. The minimum absolute atomic E-state index is 0.125. The maximum atomic E-state index is 12.3. The molecular formula is C22H25BrN4O3. The molecular weight excluding hydrogens is 448 g/mol. The van der Waals surface area contributed by atoms with Crippen molar-refractivity contribution in [1.29, 1.82) is 0 Å². The van der Waals surface area contributed by atoms with Crippen LogP contribution in [0.1, 0.15) is 33.6 Å². The van der Waals surface area contributed by atoms with Crippen LogP contribution >= 0.6 is 15.9 Å². The molecule has 0 aliphatic rings. The Morgan fingerprint density at radius 2 is 2.00 bits per heavy atom. The standard InChI is InChI=1S/C22H25BrN4O3/c1-22(2,3)30-21(29)25-10-5-7-19(28)26-17-12-16(23)13-18(14-17)27-11-8-15-6-4-9-24-20(15)27/h4,6,8-9,11-14H,5,7,10H2,1-3H3,(H,25,29)(H,26,28). The van der Waals surface area contributed by atoms with Crippen molar-refractivity contribution in [3.63, 3.8) is 0 Å². The normalized spacial score (nSPS) is 11.3. The summed E-state index contributed by atoms with van der Waals surface area (Å²) >= 11 is 3.51. The van der Waals surface area contributed by atoms with Crippen LogP contribution in [0.5, 0.6) is 0 Å². The van der Waals surface area contributed by atoms with E-state index in [2.05, 4.69) is 31.5 Å². The topological polar surface area (TPSA) is 85.2 Å². The molecule has 0 radical (unpaired) electrons. The number of amides is 2. The van der Waals surface area contributed by atoms with Crippen LogP contribution in [-0.2, 0) is 9.53 Å². The van der Waals surface area contributed by atoms with Gasteiger partial charge in [-0.1, -0.05) is 15.9 Å². The van der Waals surface area contributed by atoms with Crippen LogP contribution in [0.4, 0.5) is 10.5 Å². The average Bonchev–Trinajstić information content (AvgIpc) is 3.07. The number of anilines is 1. The number of ether oxygens (including phenoxy) is 1. The molecule has 158 valence electrons. The average molecular weight is 473 g/mol. The summed E-state index contributed by atoms with van der Waals surface area (Å²) < 4.78 is 7.99. The highest BCUT2D eigenvalue weighted by atomic mass is 79.9. The van der Waals surface area contributed by atoms with Crippen LogP contribution < -0.4 is 10.6 Å². The maximum Gasteiger partial charge on any atom is 0.407 e. The lowest BCUT2D eigenvalue weighted by Gasteiger charge is -2.19. The van der Waals surface area contributed by atoms with Gasteiger partial charge in [-0.3, -0.25) is 4.79 Å². The van der Waals surface area contributed by atoms with E-state index < -0.39 is 11.7 Å². The SMILES string of the molecule is CC(C)(C)OC(=O)NCCCC(=O)Nc1cc(Br)cc(-n2ccc3cccnc32)c1. The lowest BCUT2D eigenvalue weighted by molar-refractivity contribution is -0.116. The number of alkyl carbamates (subject to hydrolysis) is 1. The van der Waals surface area contributed by atoms with Crippen molar-refractivity contribution < 1.29 is 14.3 Å². The Bertz CT molecular complexity index is 1060. The van der Waals surface area contributed by atoms with Crippen molar-refractivity contribution in [3.05, 3.63) is 53.3 Å². The first-order valence-electron chi connectivity index (χ1n) is 9.71. The largest absolute Gasteiger partial charge is 0.444 e. The van der Waals surface area contributed by atoms with Crippen molar-refractivity contribution in [1.82, 2.24) is 14.9 Å². The summed E-state index contributed by atoms with van der Waals surface area (Å²) in [6, 6.07) is 11.6. The third kappa shape index (κ3) is 6.06. The number of carbonyl (C=O) groups excluding carboxylic acids is 2. The summed E-state index contributed by atoms with van der Waals surface area (Å²) in [6.45, 7) is 5.78. The van der Waals surface area contributed by atoms with Gasteiger partial charge in [0.15, 0.2) is 0 Å². The third-order valence-corrected chi connectivity index (χ3v) is 4.60. The van der Waals surface area contributed by atoms with Crippen molar-refractivity contribution >= 4 is 44.7 Å². The lowest BCUT2D eigenvalue weighted by Crippen LogP contribution is -2.33. The van der Waals surface area contributed by atoms with Gasteiger partial charge >= 0.3 is 6.09 Å². The van der Waals surface area contributed by atoms with Gasteiger partial charge in [0.1, 0.15) is 11.2 Å². The summed E-state index contributed by atoms with van der Waals surface area (Å²) in [7, 11) is 0. The number of hydrogen-bond acceptors (Lipinski definition) is 4. The van der Waals surface area contributed by atoms with Gasteiger partial charge in [0.05, 0.1) is 5.69 Å². The van der Waals surface area contributed by atoms with Crippen LogP contribution in [0.15, 0.2) is 53.3 Å². The number of nitrogens with zero attached hydrogens (tertiary/aromatic N) is 2. The minimum atomic E-state index is -0.541. The van der Waals surface area contributed by atoms with E-state index in [1.54, 1.807) is 27.0 Å². The molecule has 2 N–H and O–H groups in total. The van der Waals surface area contributed by atoms with Crippen LogP contribution in [0.2, 0.25) is 0 Å². The van der Waals surface area contributed by atoms with E-state index in [1.807, 2.05) is 47.2 Å². The molecule has 0 atom stereocenters. The molecule has 7 nitrogen and oxygen atoms in total. The predicted octanol–water partition coefficient (Wildman–Crippen LogP) is 5.03. The van der Waals surface area contributed by atoms with Gasteiger partial charge in [0.2, 0.25) is 5.91 Å². The zero-order chi connectivity index (χ0) is 21.7. The van der Waals surface area contributed by atoms with E-state index in [0.29, 0.717) is 18.7 Å². The highest BCUT2D eigenvalue weighted by Crippen LogP contribution is 2.25. The Morgan fingerprint density at radius 3 is 2.77 bits per heavy atom. The summed E-state index contributed by atoms with van der Waals surface area (Å²) in [5, 5.41) is 6.61. The monoisotopic (exact) mass is 472 g/mol.